The SMILES string of the molecule is CC(=O)NC(Cc1c[nH]c2ccccc12)C(=O)N1CCN(c2ncnc3sccc23)CC1. The molecule has 8 nitrogen and oxygen atoms in total. The second-order valence-electron chi connectivity index (χ2n) is 7.97. The number of nitrogens with zero attached hydrogens (tertiary/aromatic N) is 4. The predicted molar refractivity (Wildman–Crippen MR) is 126 cm³/mol. The average molecular weight is 449 g/mol. The standard InChI is InChI=1S/C23H24N6O2S/c1-15(30)27-20(12-16-13-24-19-5-3-2-4-17(16)19)23(31)29-9-7-28(8-10-29)21-18-6-11-32-22(18)26-14-25-21/h2-6,11,13-14,20,24H,7-10,12H2,1H3,(H,27,30). The van der Waals surface area contributed by atoms with E-state index in [0.717, 1.165) is 32.5 Å². The van der Waals surface area contributed by atoms with E-state index in [1.165, 1.54) is 6.92 Å². The zero-order valence-corrected chi connectivity index (χ0v) is 18.6. The maximum Gasteiger partial charge on any atom is 0.245 e. The molecular formula is C23H24N6O2S. The second kappa shape index (κ2) is 8.58. The lowest BCUT2D eigenvalue weighted by atomic mass is 10.0. The molecule has 0 spiro atoms. The van der Waals surface area contributed by atoms with Gasteiger partial charge in [-0.05, 0) is 23.1 Å². The number of para-hydroxylation sites is 1. The van der Waals surface area contributed by atoms with Gasteiger partial charge in [-0.3, -0.25) is 9.59 Å². The molecule has 3 aromatic heterocycles. The number of piperazine rings is 1. The first-order valence-electron chi connectivity index (χ1n) is 10.6. The summed E-state index contributed by atoms with van der Waals surface area (Å²) >= 11 is 1.60. The lowest BCUT2D eigenvalue weighted by molar-refractivity contribution is -0.136. The van der Waals surface area contributed by atoms with Crippen molar-refractivity contribution >= 4 is 50.1 Å². The zero-order chi connectivity index (χ0) is 22.1. The zero-order valence-electron chi connectivity index (χ0n) is 17.7. The minimum Gasteiger partial charge on any atom is -0.361 e. The molecule has 0 radical (unpaired) electrons. The number of rotatable bonds is 5. The average Bonchev–Trinajstić information content (AvgIpc) is 3.45. The maximum absolute atomic E-state index is 13.4. The summed E-state index contributed by atoms with van der Waals surface area (Å²) in [4.78, 5) is 42.3. The molecule has 1 atom stereocenters. The number of anilines is 1. The summed E-state index contributed by atoms with van der Waals surface area (Å²) in [5, 5.41) is 7.01. The Morgan fingerprint density at radius 3 is 2.75 bits per heavy atom. The molecule has 1 aliphatic rings. The second-order valence-corrected chi connectivity index (χ2v) is 8.86. The monoisotopic (exact) mass is 448 g/mol. The number of carbonyl (C=O) groups excluding carboxylic acids is 2. The van der Waals surface area contributed by atoms with Crippen LogP contribution in [0.1, 0.15) is 12.5 Å². The number of aromatic amines is 1. The Kier molecular flexibility index (Phi) is 5.48. The minimum atomic E-state index is -0.596. The van der Waals surface area contributed by atoms with Crippen molar-refractivity contribution in [1.82, 2.24) is 25.2 Å². The van der Waals surface area contributed by atoms with Gasteiger partial charge in [0, 0.05) is 56.6 Å². The summed E-state index contributed by atoms with van der Waals surface area (Å²) < 4.78 is 0. The molecule has 4 heterocycles. The van der Waals surface area contributed by atoms with Crippen LogP contribution in [-0.4, -0.2) is 63.9 Å². The van der Waals surface area contributed by atoms with Crippen LogP contribution in [-0.2, 0) is 16.0 Å². The lowest BCUT2D eigenvalue weighted by Crippen LogP contribution is -2.55. The van der Waals surface area contributed by atoms with Gasteiger partial charge in [-0.2, -0.15) is 0 Å². The highest BCUT2D eigenvalue weighted by atomic mass is 32.1. The van der Waals surface area contributed by atoms with Crippen LogP contribution in [0.5, 0.6) is 0 Å². The number of H-pyrrole nitrogens is 1. The van der Waals surface area contributed by atoms with Gasteiger partial charge in [-0.1, -0.05) is 18.2 Å². The van der Waals surface area contributed by atoms with Crippen LogP contribution in [0.15, 0.2) is 48.2 Å². The van der Waals surface area contributed by atoms with Crippen LogP contribution in [0.3, 0.4) is 0 Å². The number of benzene rings is 1. The number of thiophene rings is 1. The van der Waals surface area contributed by atoms with Crippen LogP contribution >= 0.6 is 11.3 Å². The molecule has 1 aliphatic heterocycles. The predicted octanol–water partition coefficient (Wildman–Crippen LogP) is 2.57. The first kappa shape index (κ1) is 20.4. The molecule has 2 N–H and O–H groups in total. The fourth-order valence-electron chi connectivity index (χ4n) is 4.35. The van der Waals surface area contributed by atoms with Crippen molar-refractivity contribution in [2.45, 2.75) is 19.4 Å². The van der Waals surface area contributed by atoms with E-state index in [1.54, 1.807) is 17.7 Å². The Morgan fingerprint density at radius 1 is 1.12 bits per heavy atom. The van der Waals surface area contributed by atoms with E-state index in [9.17, 15) is 9.59 Å². The number of hydrogen-bond acceptors (Lipinski definition) is 6. The first-order chi connectivity index (χ1) is 15.6. The largest absolute Gasteiger partial charge is 0.361 e. The Morgan fingerprint density at radius 2 is 1.94 bits per heavy atom. The molecule has 0 bridgehead atoms. The number of hydrogen-bond donors (Lipinski definition) is 2. The first-order valence-corrected chi connectivity index (χ1v) is 11.5. The fraction of sp³-hybridized carbons (Fsp3) is 0.304. The van der Waals surface area contributed by atoms with Crippen molar-refractivity contribution in [3.05, 3.63) is 53.8 Å². The topological polar surface area (TPSA) is 94.2 Å². The van der Waals surface area contributed by atoms with Gasteiger partial charge >= 0.3 is 0 Å². The number of carbonyl (C=O) groups is 2. The van der Waals surface area contributed by atoms with Crippen molar-refractivity contribution in [2.24, 2.45) is 0 Å². The molecular weight excluding hydrogens is 424 g/mol. The third kappa shape index (κ3) is 3.91. The number of amides is 2. The third-order valence-corrected chi connectivity index (χ3v) is 6.73. The van der Waals surface area contributed by atoms with Gasteiger partial charge in [0.25, 0.3) is 0 Å². The van der Waals surface area contributed by atoms with Crippen LogP contribution in [0.2, 0.25) is 0 Å². The van der Waals surface area contributed by atoms with Gasteiger partial charge in [-0.15, -0.1) is 11.3 Å². The van der Waals surface area contributed by atoms with Gasteiger partial charge in [0.1, 0.15) is 23.0 Å². The lowest BCUT2D eigenvalue weighted by Gasteiger charge is -2.37. The van der Waals surface area contributed by atoms with Crippen molar-refractivity contribution < 1.29 is 9.59 Å². The number of fused-ring (bicyclic) bond motifs is 2. The Labute approximate surface area is 189 Å². The summed E-state index contributed by atoms with van der Waals surface area (Å²) in [5.41, 5.74) is 2.04. The molecule has 164 valence electrons. The molecule has 5 rings (SSSR count). The van der Waals surface area contributed by atoms with Gasteiger partial charge in [0.15, 0.2) is 0 Å². The van der Waals surface area contributed by atoms with Crippen molar-refractivity contribution in [2.75, 3.05) is 31.1 Å². The summed E-state index contributed by atoms with van der Waals surface area (Å²) in [6, 6.07) is 9.43. The summed E-state index contributed by atoms with van der Waals surface area (Å²) in [5.74, 6) is 0.664. The normalized spacial score (nSPS) is 15.3. The molecule has 1 saturated heterocycles. The highest BCUT2D eigenvalue weighted by Crippen LogP contribution is 2.27. The van der Waals surface area contributed by atoms with E-state index in [1.807, 2.05) is 46.8 Å². The van der Waals surface area contributed by atoms with Gasteiger partial charge in [0.05, 0.1) is 5.39 Å². The highest BCUT2D eigenvalue weighted by Gasteiger charge is 2.29. The van der Waals surface area contributed by atoms with Crippen LogP contribution < -0.4 is 10.2 Å². The summed E-state index contributed by atoms with van der Waals surface area (Å²) in [6.07, 6.45) is 3.97. The molecule has 1 aromatic carbocycles. The Balaban J connectivity index is 1.30. The molecule has 1 fully saturated rings. The number of nitrogens with one attached hydrogen (secondary N) is 2. The van der Waals surface area contributed by atoms with E-state index < -0.39 is 6.04 Å². The van der Waals surface area contributed by atoms with Crippen molar-refractivity contribution in [1.29, 1.82) is 0 Å². The van der Waals surface area contributed by atoms with Crippen LogP contribution in [0.4, 0.5) is 5.82 Å². The van der Waals surface area contributed by atoms with E-state index in [4.69, 9.17) is 0 Å². The molecule has 0 saturated carbocycles. The molecule has 2 amide bonds. The van der Waals surface area contributed by atoms with E-state index in [-0.39, 0.29) is 11.8 Å². The maximum atomic E-state index is 13.4. The van der Waals surface area contributed by atoms with E-state index in [2.05, 4.69) is 25.2 Å². The molecule has 1 unspecified atom stereocenters. The summed E-state index contributed by atoms with van der Waals surface area (Å²) in [7, 11) is 0. The van der Waals surface area contributed by atoms with E-state index in [0.29, 0.717) is 32.6 Å². The fourth-order valence-corrected chi connectivity index (χ4v) is 5.08. The smallest absolute Gasteiger partial charge is 0.245 e. The van der Waals surface area contributed by atoms with Gasteiger partial charge in [-0.25, -0.2) is 9.97 Å². The van der Waals surface area contributed by atoms with Gasteiger partial charge < -0.3 is 20.1 Å². The Hall–Kier alpha value is -3.46. The van der Waals surface area contributed by atoms with Crippen LogP contribution in [0.25, 0.3) is 21.1 Å². The molecule has 9 heteroatoms. The Bertz CT molecular complexity index is 1270. The van der Waals surface area contributed by atoms with Crippen molar-refractivity contribution in [3.8, 4) is 0 Å². The van der Waals surface area contributed by atoms with Crippen molar-refractivity contribution in [3.63, 3.8) is 0 Å². The minimum absolute atomic E-state index is 0.0477. The highest BCUT2D eigenvalue weighted by molar-refractivity contribution is 7.16. The molecule has 32 heavy (non-hydrogen) atoms. The molecule has 4 aromatic rings. The van der Waals surface area contributed by atoms with Crippen LogP contribution in [0, 0.1) is 0 Å². The quantitative estimate of drug-likeness (QED) is 0.489. The summed E-state index contributed by atoms with van der Waals surface area (Å²) in [6.45, 7) is 3.99. The third-order valence-electron chi connectivity index (χ3n) is 5.91. The number of aromatic nitrogens is 3. The van der Waals surface area contributed by atoms with E-state index >= 15 is 0 Å². The van der Waals surface area contributed by atoms with Gasteiger partial charge in [0.2, 0.25) is 11.8 Å². The molecule has 0 aliphatic carbocycles.